The third kappa shape index (κ3) is 6.20. The summed E-state index contributed by atoms with van der Waals surface area (Å²) in [5, 5.41) is 0. The second-order valence-electron chi connectivity index (χ2n) is 8.97. The van der Waals surface area contributed by atoms with E-state index in [9.17, 15) is 0 Å². The van der Waals surface area contributed by atoms with Crippen LogP contribution in [0.4, 0.5) is 5.69 Å². The average molecular weight is 345 g/mol. The molecule has 0 aromatic heterocycles. The quantitative estimate of drug-likeness (QED) is 0.357. The molecule has 26 heavy (non-hydrogen) atoms. The fourth-order valence-electron chi connectivity index (χ4n) is 2.68. The fraction of sp³-hybridized carbons (Fsp3) is 0.250. The van der Waals surface area contributed by atoms with Gasteiger partial charge in [-0.3, -0.25) is 4.48 Å². The monoisotopic (exact) mass is 345 g/mol. The topological polar surface area (TPSA) is 0 Å². The molecule has 0 atom stereocenters. The van der Waals surface area contributed by atoms with Gasteiger partial charge in [0.2, 0.25) is 0 Å². The first-order chi connectivity index (χ1) is 12.2. The van der Waals surface area contributed by atoms with Crippen LogP contribution in [0.5, 0.6) is 0 Å². The van der Waals surface area contributed by atoms with E-state index < -0.39 is 6.15 Å². The minimum atomic E-state index is -0.427. The van der Waals surface area contributed by atoms with Crippen molar-refractivity contribution < 1.29 is 0 Å². The minimum absolute atomic E-state index is 0.427. The summed E-state index contributed by atoms with van der Waals surface area (Å²) in [6.07, 6.45) is 12.1. The molecule has 0 aliphatic rings. The van der Waals surface area contributed by atoms with Crippen molar-refractivity contribution in [3.8, 4) is 0 Å². The molecule has 2 rings (SSSR count). The minimum Gasteiger partial charge on any atom is -0.298 e. The molecule has 0 spiro atoms. The maximum atomic E-state index is 2.30. The van der Waals surface area contributed by atoms with Crippen molar-refractivity contribution in [1.29, 1.82) is 0 Å². The van der Waals surface area contributed by atoms with Crippen LogP contribution in [-0.4, -0.2) is 27.3 Å². The van der Waals surface area contributed by atoms with Crippen LogP contribution in [0.15, 0.2) is 72.8 Å². The maximum absolute atomic E-state index is 2.30. The Hall–Kier alpha value is -2.32. The first-order valence-corrected chi connectivity index (χ1v) is 9.47. The van der Waals surface area contributed by atoms with Crippen molar-refractivity contribution in [1.82, 2.24) is 4.48 Å². The summed E-state index contributed by atoms with van der Waals surface area (Å²) in [4.78, 5) is 0. The highest BCUT2D eigenvalue weighted by atomic mass is 15.3. The Balaban J connectivity index is 1.90. The van der Waals surface area contributed by atoms with Gasteiger partial charge in [0.15, 0.2) is 0 Å². The zero-order valence-corrected chi connectivity index (χ0v) is 17.1. The summed E-state index contributed by atoms with van der Waals surface area (Å²) < 4.78 is 0.840. The van der Waals surface area contributed by atoms with E-state index in [1.54, 1.807) is 0 Å². The summed E-state index contributed by atoms with van der Waals surface area (Å²) >= 11 is 0. The van der Waals surface area contributed by atoms with Gasteiger partial charge in [0.05, 0.1) is 21.1 Å². The van der Waals surface area contributed by atoms with Crippen molar-refractivity contribution in [2.45, 2.75) is 20.5 Å². The lowest BCUT2D eigenvalue weighted by molar-refractivity contribution is 0.486. The van der Waals surface area contributed by atoms with Crippen molar-refractivity contribution in [2.75, 3.05) is 21.1 Å². The Morgan fingerprint density at radius 1 is 0.615 bits per heavy atom. The predicted octanol–water partition coefficient (Wildman–Crippen LogP) is 5.71. The molecule has 2 aromatic carbocycles. The van der Waals surface area contributed by atoms with E-state index in [0.29, 0.717) is 0 Å². The molecule has 0 unspecified atom stereocenters. The van der Waals surface area contributed by atoms with Gasteiger partial charge in [-0.15, -0.1) is 0 Å². The van der Waals surface area contributed by atoms with Crippen molar-refractivity contribution in [3.05, 3.63) is 84.0 Å². The molecule has 1 nitrogen and oxygen atoms in total. The van der Waals surface area contributed by atoms with Crippen molar-refractivity contribution >= 4 is 29.4 Å². The van der Waals surface area contributed by atoms with Gasteiger partial charge in [-0.1, -0.05) is 60.7 Å². The molecule has 136 valence electrons. The van der Waals surface area contributed by atoms with Crippen molar-refractivity contribution in [2.24, 2.45) is 0 Å². The third-order valence-electron chi connectivity index (χ3n) is 4.51. The molecule has 2 heteroatoms. The number of benzene rings is 2. The highest BCUT2D eigenvalue weighted by Gasteiger charge is 2.10. The standard InChI is InChI=1S/C24H32BN/c1-25(2,3)23-17-13-21(14-18-23)11-9-7-8-10-12-22-15-19-24(20-16-22)26(4,5)6/h7-20H,1-6H3/b8-7+,11-9+,12-10+. The third-order valence-corrected chi connectivity index (χ3v) is 4.51. The molecule has 0 saturated carbocycles. The Bertz CT molecular complexity index is 711. The van der Waals surface area contributed by atoms with E-state index in [4.69, 9.17) is 0 Å². The fourth-order valence-corrected chi connectivity index (χ4v) is 2.68. The molecule has 0 heterocycles. The van der Waals surface area contributed by atoms with Gasteiger partial charge in [0, 0.05) is 6.15 Å². The Kier molecular flexibility index (Phi) is 6.44. The zero-order valence-electron chi connectivity index (χ0n) is 17.1. The number of quaternary nitrogens is 1. The van der Waals surface area contributed by atoms with Crippen LogP contribution in [0.25, 0.3) is 12.2 Å². The molecule has 0 aliphatic heterocycles. The summed E-state index contributed by atoms with van der Waals surface area (Å²) in [7, 11) is 6.53. The smallest absolute Gasteiger partial charge is 0.132 e. The number of hydrogen-bond acceptors (Lipinski definition) is 0. The second-order valence-corrected chi connectivity index (χ2v) is 8.97. The summed E-state index contributed by atoms with van der Waals surface area (Å²) in [5.41, 5.74) is 5.19. The number of hydrogen-bond donors (Lipinski definition) is 0. The van der Waals surface area contributed by atoms with Gasteiger partial charge in [-0.2, -0.15) is 20.5 Å². The number of allylic oxidation sites excluding steroid dienone is 4. The van der Waals surface area contributed by atoms with Gasteiger partial charge in [0.25, 0.3) is 0 Å². The van der Waals surface area contributed by atoms with E-state index in [2.05, 4.69) is 127 Å². The molecule has 2 aromatic rings. The summed E-state index contributed by atoms with van der Waals surface area (Å²) in [5.74, 6) is 0. The molecular formula is C24H32BN. The van der Waals surface area contributed by atoms with Crippen LogP contribution in [0.1, 0.15) is 11.1 Å². The lowest BCUT2D eigenvalue weighted by Gasteiger charge is -2.24. The van der Waals surface area contributed by atoms with Crippen LogP contribution in [0.2, 0.25) is 20.5 Å². The summed E-state index contributed by atoms with van der Waals surface area (Å²) in [6, 6.07) is 17.6. The van der Waals surface area contributed by atoms with E-state index >= 15 is 0 Å². The Morgan fingerprint density at radius 2 is 1.04 bits per heavy atom. The molecule has 0 aliphatic carbocycles. The second kappa shape index (κ2) is 8.38. The van der Waals surface area contributed by atoms with E-state index in [1.165, 1.54) is 22.3 Å². The van der Waals surface area contributed by atoms with Crippen LogP contribution in [0.3, 0.4) is 0 Å². The Labute approximate surface area is 159 Å². The van der Waals surface area contributed by atoms with Crippen LogP contribution >= 0.6 is 0 Å². The Morgan fingerprint density at radius 3 is 1.42 bits per heavy atom. The molecule has 0 saturated heterocycles. The van der Waals surface area contributed by atoms with Gasteiger partial charge in [-0.25, -0.2) is 5.46 Å². The first kappa shape index (κ1) is 20.0. The van der Waals surface area contributed by atoms with Crippen LogP contribution < -0.4 is 9.95 Å². The van der Waals surface area contributed by atoms with Gasteiger partial charge >= 0.3 is 0 Å². The molecular weight excluding hydrogens is 313 g/mol. The molecule has 0 N–H and O–H groups in total. The van der Waals surface area contributed by atoms with Crippen LogP contribution in [-0.2, 0) is 0 Å². The predicted molar refractivity (Wildman–Crippen MR) is 123 cm³/mol. The van der Waals surface area contributed by atoms with Crippen molar-refractivity contribution in [3.63, 3.8) is 0 Å². The number of rotatable bonds is 6. The lowest BCUT2D eigenvalue weighted by Crippen LogP contribution is -2.37. The van der Waals surface area contributed by atoms with E-state index in [0.717, 1.165) is 4.48 Å². The maximum Gasteiger partial charge on any atom is 0.132 e. The molecule has 0 bridgehead atoms. The van der Waals surface area contributed by atoms with Gasteiger partial charge in [-0.05, 0) is 35.4 Å². The first-order valence-electron chi connectivity index (χ1n) is 9.47. The van der Waals surface area contributed by atoms with E-state index in [-0.39, 0.29) is 0 Å². The van der Waals surface area contributed by atoms with Gasteiger partial charge < -0.3 is 0 Å². The lowest BCUT2D eigenvalue weighted by atomic mass is 9.27. The van der Waals surface area contributed by atoms with E-state index in [1.807, 2.05) is 0 Å². The highest BCUT2D eigenvalue weighted by molar-refractivity contribution is 6.88. The molecule has 0 amide bonds. The van der Waals surface area contributed by atoms with Crippen LogP contribution in [0, 0.1) is 0 Å². The summed E-state index contributed by atoms with van der Waals surface area (Å²) in [6.45, 7) is 6.90. The highest BCUT2D eigenvalue weighted by Crippen LogP contribution is 2.17. The molecule has 0 fully saturated rings. The normalized spacial score (nSPS) is 13.3. The largest absolute Gasteiger partial charge is 0.298 e. The van der Waals surface area contributed by atoms with Gasteiger partial charge in [0.1, 0.15) is 5.69 Å². The molecule has 0 radical (unpaired) electrons. The SMILES string of the molecule is C[B-](C)(C)c1ccc(/C=C/C=C/C=C/c2ccc([N+](C)(C)C)cc2)cc1. The average Bonchev–Trinajstić information content (AvgIpc) is 2.57. The number of nitrogens with zero attached hydrogens (tertiary/aromatic N) is 1. The zero-order chi connectivity index (χ0) is 19.2.